The molecule has 0 bridgehead atoms. The molecule has 1 fully saturated rings. The fourth-order valence-corrected chi connectivity index (χ4v) is 10.6. The van der Waals surface area contributed by atoms with E-state index in [-0.39, 0.29) is 63.5 Å². The Morgan fingerprint density at radius 2 is 1.11 bits per heavy atom. The molecule has 1 saturated heterocycles. The van der Waals surface area contributed by atoms with Gasteiger partial charge in [0.25, 0.3) is 0 Å². The fourth-order valence-electron chi connectivity index (χ4n) is 5.81. The molecule has 1 amide bonds. The van der Waals surface area contributed by atoms with Crippen molar-refractivity contribution in [3.63, 3.8) is 0 Å². The Morgan fingerprint density at radius 3 is 1.48 bits per heavy atom. The second-order valence-electron chi connectivity index (χ2n) is 22.9. The maximum atomic E-state index is 16.1. The average Bonchev–Trinajstić information content (AvgIpc) is 3.70. The maximum Gasteiger partial charge on any atom is 0.248 e. The van der Waals surface area contributed by atoms with Crippen LogP contribution in [0.1, 0.15) is 110 Å². The number of ketones is 1. The van der Waals surface area contributed by atoms with Crippen LogP contribution >= 0.6 is 0 Å². The number of carbonyl (C=O) groups excluding carboxylic acids is 2. The molecule has 0 aromatic rings. The van der Waals surface area contributed by atoms with Crippen molar-refractivity contribution < 1.29 is 36.9 Å². The molecule has 1 rings (SSSR count). The Labute approximate surface area is 349 Å². The summed E-state index contributed by atoms with van der Waals surface area (Å²) in [6.45, 7) is 50.8. The number of nitrogens with zero attached hydrogens (tertiary/aromatic N) is 1. The number of Topliss-reactive ketones (excluding diaryl/α,β-unsaturated/α-hetero) is 1. The van der Waals surface area contributed by atoms with Crippen molar-refractivity contribution >= 4 is 45.0 Å². The maximum absolute atomic E-state index is 16.1. The molecule has 0 aliphatic carbocycles. The van der Waals surface area contributed by atoms with Gasteiger partial charge in [0.1, 0.15) is 11.4 Å². The average molecular weight is 861 g/mol. The lowest BCUT2D eigenvalue weighted by Crippen LogP contribution is -2.57. The first kappa shape index (κ1) is 53.5. The van der Waals surface area contributed by atoms with Gasteiger partial charge in [-0.1, -0.05) is 102 Å². The molecular formula is C43H89NO8Si4. The van der Waals surface area contributed by atoms with Gasteiger partial charge in [0.15, 0.2) is 33.3 Å². The molecule has 0 unspecified atom stereocenters. The number of ether oxygens (including phenoxy) is 1. The highest BCUT2D eigenvalue weighted by Crippen LogP contribution is 2.52. The summed E-state index contributed by atoms with van der Waals surface area (Å²) in [5, 5.41) is 0.721. The van der Waals surface area contributed by atoms with Gasteiger partial charge in [-0.2, -0.15) is 0 Å². The number of amides is 1. The summed E-state index contributed by atoms with van der Waals surface area (Å²) >= 11 is 0. The van der Waals surface area contributed by atoms with Crippen molar-refractivity contribution in [3.8, 4) is 0 Å². The Kier molecular flexibility index (Phi) is 17.8. The predicted molar refractivity (Wildman–Crippen MR) is 244 cm³/mol. The van der Waals surface area contributed by atoms with Gasteiger partial charge in [-0.05, 0) is 86.4 Å². The van der Waals surface area contributed by atoms with E-state index in [0.717, 1.165) is 0 Å². The highest BCUT2D eigenvalue weighted by molar-refractivity contribution is 6.75. The fraction of sp³-hybridized carbons (Fsp3) is 0.907. The van der Waals surface area contributed by atoms with E-state index in [1.165, 1.54) is 12.2 Å². The predicted octanol–water partition coefficient (Wildman–Crippen LogP) is 11.4. The van der Waals surface area contributed by atoms with E-state index in [4.69, 9.17) is 27.3 Å². The summed E-state index contributed by atoms with van der Waals surface area (Å²) in [4.78, 5) is 35.4. The van der Waals surface area contributed by atoms with E-state index in [9.17, 15) is 4.79 Å². The minimum Gasteiger partial charge on any atom is -0.416 e. The van der Waals surface area contributed by atoms with Crippen LogP contribution in [0.15, 0.2) is 12.2 Å². The van der Waals surface area contributed by atoms with Gasteiger partial charge in [0.05, 0.1) is 43.7 Å². The van der Waals surface area contributed by atoms with Crippen LogP contribution in [0.5, 0.6) is 0 Å². The second-order valence-corrected chi connectivity index (χ2v) is 42.0. The molecule has 330 valence electrons. The van der Waals surface area contributed by atoms with E-state index >= 15 is 4.79 Å². The first-order chi connectivity index (χ1) is 24.7. The van der Waals surface area contributed by atoms with Crippen molar-refractivity contribution in [2.45, 2.75) is 207 Å². The monoisotopic (exact) mass is 860 g/mol. The number of hydrogen-bond acceptors (Lipinski definition) is 8. The standard InChI is InChI=1S/C43H89NO8Si4/c1-26-27-31(2)37-43(15,50-37)38(52-56(24,25)42(12,13)14)33(30-49-54(20,21)40(6,7)8)36(46)32(29-48-53(18,19)39(3,4)5)34(28-35(45)44(16)47-17)51-55(22,23)41(9,10)11/h26-27,31-34,37-38H,28-30H2,1-25H3/b27-26-/t31-,32-,33-,34-,37+,38-,43+/m0/s1. The van der Waals surface area contributed by atoms with Crippen LogP contribution in [0.2, 0.25) is 72.5 Å². The highest BCUT2D eigenvalue weighted by atomic mass is 28.4. The van der Waals surface area contributed by atoms with Crippen LogP contribution in [0, 0.1) is 17.8 Å². The molecule has 0 aromatic carbocycles. The Morgan fingerprint density at radius 1 is 0.714 bits per heavy atom. The normalized spacial score (nSPS) is 22.1. The smallest absolute Gasteiger partial charge is 0.248 e. The molecule has 0 spiro atoms. The molecule has 0 saturated carbocycles. The molecule has 0 aromatic heterocycles. The molecule has 13 heteroatoms. The number of carbonyl (C=O) groups is 2. The van der Waals surface area contributed by atoms with Crippen molar-refractivity contribution in [2.75, 3.05) is 27.4 Å². The van der Waals surface area contributed by atoms with Crippen molar-refractivity contribution in [2.24, 2.45) is 17.8 Å². The summed E-state index contributed by atoms with van der Waals surface area (Å²) in [5.41, 5.74) is -0.752. The summed E-state index contributed by atoms with van der Waals surface area (Å²) in [7, 11) is -6.72. The number of rotatable bonds is 20. The minimum atomic E-state index is -2.55. The molecule has 1 aliphatic rings. The lowest BCUT2D eigenvalue weighted by atomic mass is 9.79. The molecule has 9 nitrogen and oxygen atoms in total. The minimum absolute atomic E-state index is 0.0353. The quantitative estimate of drug-likeness (QED) is 0.0517. The van der Waals surface area contributed by atoms with Gasteiger partial charge in [0, 0.05) is 26.2 Å². The number of hydroxylamine groups is 2. The molecule has 0 N–H and O–H groups in total. The van der Waals surface area contributed by atoms with E-state index in [1.54, 1.807) is 7.05 Å². The third-order valence-electron chi connectivity index (χ3n) is 14.3. The number of allylic oxidation sites excluding steroid dienone is 1. The van der Waals surface area contributed by atoms with Crippen molar-refractivity contribution in [1.82, 2.24) is 5.06 Å². The van der Waals surface area contributed by atoms with Gasteiger partial charge in [-0.15, -0.1) is 0 Å². The van der Waals surface area contributed by atoms with Crippen LogP contribution in [0.25, 0.3) is 0 Å². The molecule has 1 heterocycles. The van der Waals surface area contributed by atoms with Gasteiger partial charge in [-0.25, -0.2) is 5.06 Å². The third-order valence-corrected chi connectivity index (χ3v) is 32.3. The number of epoxide rings is 1. The topological polar surface area (TPSA) is 96.1 Å². The van der Waals surface area contributed by atoms with Gasteiger partial charge >= 0.3 is 0 Å². The van der Waals surface area contributed by atoms with Crippen LogP contribution in [0.3, 0.4) is 0 Å². The van der Waals surface area contributed by atoms with Crippen LogP contribution in [0.4, 0.5) is 0 Å². The van der Waals surface area contributed by atoms with Crippen LogP contribution < -0.4 is 0 Å². The summed E-state index contributed by atoms with van der Waals surface area (Å²) < 4.78 is 35.5. The second kappa shape index (κ2) is 18.6. The van der Waals surface area contributed by atoms with Crippen molar-refractivity contribution in [1.29, 1.82) is 0 Å². The SMILES string of the molecule is C/C=C\[C@H](C)[C@H]1O[C@@]1(C)[C@@H](O[Si](C)(C)C(C)(C)C)[C@@H](CO[Si](C)(C)C(C)(C)C)C(=O)[C@@H](CO[Si](C)(C)C(C)(C)C)[C@H](CC(=O)N(C)OC)O[Si](C)(C)C(C)(C)C. The Bertz CT molecular complexity index is 1340. The first-order valence-corrected chi connectivity index (χ1v) is 32.7. The van der Waals surface area contributed by atoms with Crippen LogP contribution in [-0.2, 0) is 36.9 Å². The van der Waals surface area contributed by atoms with Crippen LogP contribution in [-0.4, -0.2) is 101 Å². The summed E-state index contributed by atoms with van der Waals surface area (Å²) in [6, 6.07) is 0. The Balaban J connectivity index is 4.32. The van der Waals surface area contributed by atoms with Gasteiger partial charge in [0.2, 0.25) is 5.91 Å². The van der Waals surface area contributed by atoms with E-state index in [1.807, 2.05) is 6.92 Å². The van der Waals surface area contributed by atoms with E-state index < -0.39 is 62.9 Å². The zero-order chi connectivity index (χ0) is 44.5. The van der Waals surface area contributed by atoms with Gasteiger partial charge in [-0.3, -0.25) is 14.4 Å². The first-order valence-electron chi connectivity index (χ1n) is 21.0. The number of hydrogen-bond donors (Lipinski definition) is 0. The largest absolute Gasteiger partial charge is 0.416 e. The lowest BCUT2D eigenvalue weighted by molar-refractivity contribution is -0.171. The molecule has 7 atom stereocenters. The molecular weight excluding hydrogens is 771 g/mol. The van der Waals surface area contributed by atoms with Crippen molar-refractivity contribution in [3.05, 3.63) is 12.2 Å². The molecule has 56 heavy (non-hydrogen) atoms. The van der Waals surface area contributed by atoms with Gasteiger partial charge < -0.3 is 22.4 Å². The summed E-state index contributed by atoms with van der Waals surface area (Å²) in [5.74, 6) is -1.72. The zero-order valence-corrected chi connectivity index (χ0v) is 45.0. The molecule has 0 radical (unpaired) electrons. The Hall–Kier alpha value is -0.492. The highest BCUT2D eigenvalue weighted by Gasteiger charge is 2.65. The molecule has 1 aliphatic heterocycles. The third kappa shape index (κ3) is 13.3. The summed E-state index contributed by atoms with van der Waals surface area (Å²) in [6.07, 6.45) is 2.67. The van der Waals surface area contributed by atoms with E-state index in [0.29, 0.717) is 0 Å². The zero-order valence-electron chi connectivity index (χ0n) is 41.0. The van der Waals surface area contributed by atoms with E-state index in [2.05, 4.69) is 161 Å². The lowest BCUT2D eigenvalue weighted by Gasteiger charge is -2.46.